The van der Waals surface area contributed by atoms with Crippen LogP contribution in [0.3, 0.4) is 0 Å². The summed E-state index contributed by atoms with van der Waals surface area (Å²) in [6.07, 6.45) is 2.64. The van der Waals surface area contributed by atoms with Crippen molar-refractivity contribution in [1.29, 1.82) is 5.41 Å². The molecular weight excluding hydrogens is 410 g/mol. The molecule has 9 nitrogen and oxygen atoms in total. The predicted molar refractivity (Wildman–Crippen MR) is 122 cm³/mol. The molecule has 1 aromatic heterocycles. The van der Waals surface area contributed by atoms with Gasteiger partial charge in [-0.2, -0.15) is 0 Å². The van der Waals surface area contributed by atoms with Crippen LogP contribution >= 0.6 is 0 Å². The second-order valence-electron chi connectivity index (χ2n) is 8.55. The van der Waals surface area contributed by atoms with Crippen LogP contribution in [0.1, 0.15) is 43.6 Å². The van der Waals surface area contributed by atoms with Gasteiger partial charge in [-0.3, -0.25) is 14.4 Å². The quantitative estimate of drug-likeness (QED) is 0.360. The van der Waals surface area contributed by atoms with E-state index >= 15 is 0 Å². The van der Waals surface area contributed by atoms with E-state index in [1.54, 1.807) is 13.2 Å². The second kappa shape index (κ2) is 10.3. The van der Waals surface area contributed by atoms with Gasteiger partial charge in [0.15, 0.2) is 0 Å². The molecule has 3 atom stereocenters. The van der Waals surface area contributed by atoms with Gasteiger partial charge in [-0.1, -0.05) is 19.9 Å². The highest BCUT2D eigenvalue weighted by molar-refractivity contribution is 6.01. The lowest BCUT2D eigenvalue weighted by molar-refractivity contribution is -0.125. The van der Waals surface area contributed by atoms with E-state index in [9.17, 15) is 14.4 Å². The lowest BCUT2D eigenvalue weighted by atomic mass is 9.98. The molecule has 32 heavy (non-hydrogen) atoms. The second-order valence-corrected chi connectivity index (χ2v) is 8.55. The SMILES string of the molecule is COc1cccc2[nH]c(C(=O)N[C@@H](CC(C)C)C(=O)N[C@H](C=N)C[C@@H]3CCNC3=O)cc12. The standard InChI is InChI=1S/C23H31N5O4/c1-13(2)9-18(22(30)26-15(12-24)10-14-7-8-25-21(14)29)28-23(31)19-11-16-17(27-19)5-4-6-20(16)32-3/h4-6,11-15,18,24,27H,7-10H2,1-3H3,(H,25,29)(H,26,30)(H,28,31)/t14-,15-,18-/m0/s1. The van der Waals surface area contributed by atoms with Crippen LogP contribution in [0.4, 0.5) is 0 Å². The number of aromatic nitrogens is 1. The Balaban J connectivity index is 1.71. The Morgan fingerprint density at radius 3 is 2.72 bits per heavy atom. The van der Waals surface area contributed by atoms with Crippen molar-refractivity contribution in [2.75, 3.05) is 13.7 Å². The van der Waals surface area contributed by atoms with Gasteiger partial charge in [-0.15, -0.1) is 0 Å². The summed E-state index contributed by atoms with van der Waals surface area (Å²) in [5.41, 5.74) is 1.09. The van der Waals surface area contributed by atoms with E-state index in [2.05, 4.69) is 20.9 Å². The normalized spacial score (nSPS) is 17.6. The van der Waals surface area contributed by atoms with Crippen LogP contribution in [0.25, 0.3) is 10.9 Å². The van der Waals surface area contributed by atoms with E-state index in [4.69, 9.17) is 10.1 Å². The van der Waals surface area contributed by atoms with Crippen LogP contribution in [0, 0.1) is 17.2 Å². The third-order valence-electron chi connectivity index (χ3n) is 5.65. The van der Waals surface area contributed by atoms with Crippen molar-refractivity contribution in [2.24, 2.45) is 11.8 Å². The van der Waals surface area contributed by atoms with Gasteiger partial charge < -0.3 is 31.1 Å². The van der Waals surface area contributed by atoms with Crippen molar-refractivity contribution in [3.63, 3.8) is 0 Å². The van der Waals surface area contributed by atoms with Crippen molar-refractivity contribution in [1.82, 2.24) is 20.9 Å². The summed E-state index contributed by atoms with van der Waals surface area (Å²) in [4.78, 5) is 40.8. The number of ether oxygens (including phenoxy) is 1. The smallest absolute Gasteiger partial charge is 0.268 e. The van der Waals surface area contributed by atoms with E-state index in [-0.39, 0.29) is 23.7 Å². The zero-order chi connectivity index (χ0) is 23.3. The van der Waals surface area contributed by atoms with Crippen LogP contribution in [0.5, 0.6) is 5.75 Å². The van der Waals surface area contributed by atoms with Gasteiger partial charge in [0.25, 0.3) is 5.91 Å². The molecule has 1 saturated heterocycles. The summed E-state index contributed by atoms with van der Waals surface area (Å²) in [5, 5.41) is 16.8. The molecule has 9 heteroatoms. The summed E-state index contributed by atoms with van der Waals surface area (Å²) in [6.45, 7) is 4.55. The molecule has 0 radical (unpaired) electrons. The first-order valence-corrected chi connectivity index (χ1v) is 10.9. The molecule has 0 bridgehead atoms. The summed E-state index contributed by atoms with van der Waals surface area (Å²) < 4.78 is 5.35. The van der Waals surface area contributed by atoms with Gasteiger partial charge in [-0.05, 0) is 43.4 Å². The molecule has 0 saturated carbocycles. The number of rotatable bonds is 10. The van der Waals surface area contributed by atoms with Crippen molar-refractivity contribution >= 4 is 34.8 Å². The number of amides is 3. The number of nitrogens with one attached hydrogen (secondary N) is 5. The molecule has 5 N–H and O–H groups in total. The largest absolute Gasteiger partial charge is 0.496 e. The number of carbonyl (C=O) groups is 3. The monoisotopic (exact) mass is 441 g/mol. The lowest BCUT2D eigenvalue weighted by Gasteiger charge is -2.23. The average molecular weight is 442 g/mol. The highest BCUT2D eigenvalue weighted by atomic mass is 16.5. The average Bonchev–Trinajstić information content (AvgIpc) is 3.38. The van der Waals surface area contributed by atoms with Gasteiger partial charge in [0.1, 0.15) is 17.5 Å². The number of aromatic amines is 1. The van der Waals surface area contributed by atoms with Crippen molar-refractivity contribution in [3.8, 4) is 5.75 Å². The van der Waals surface area contributed by atoms with E-state index in [0.29, 0.717) is 37.3 Å². The Bertz CT molecular complexity index is 999. The number of hydrogen-bond acceptors (Lipinski definition) is 5. The topological polar surface area (TPSA) is 136 Å². The molecule has 1 aromatic carbocycles. The molecule has 3 amide bonds. The number of methoxy groups -OCH3 is 1. The highest BCUT2D eigenvalue weighted by Gasteiger charge is 2.29. The van der Waals surface area contributed by atoms with Gasteiger partial charge in [0.2, 0.25) is 11.8 Å². The number of carbonyl (C=O) groups excluding carboxylic acids is 3. The van der Waals surface area contributed by atoms with Crippen LogP contribution < -0.4 is 20.7 Å². The Morgan fingerprint density at radius 1 is 1.31 bits per heavy atom. The summed E-state index contributed by atoms with van der Waals surface area (Å²) in [7, 11) is 1.57. The maximum Gasteiger partial charge on any atom is 0.268 e. The number of hydrogen-bond donors (Lipinski definition) is 5. The Morgan fingerprint density at radius 2 is 2.09 bits per heavy atom. The third kappa shape index (κ3) is 5.46. The van der Waals surface area contributed by atoms with Gasteiger partial charge in [-0.25, -0.2) is 0 Å². The van der Waals surface area contributed by atoms with E-state index in [0.717, 1.165) is 17.1 Å². The fourth-order valence-electron chi connectivity index (χ4n) is 4.00. The molecule has 1 aliphatic heterocycles. The molecule has 3 rings (SSSR count). The minimum atomic E-state index is -0.768. The number of fused-ring (bicyclic) bond motifs is 1. The van der Waals surface area contributed by atoms with Crippen LogP contribution in [0.15, 0.2) is 24.3 Å². The van der Waals surface area contributed by atoms with Crippen molar-refractivity contribution in [3.05, 3.63) is 30.0 Å². The molecule has 2 aromatic rings. The van der Waals surface area contributed by atoms with Gasteiger partial charge in [0, 0.05) is 29.6 Å². The highest BCUT2D eigenvalue weighted by Crippen LogP contribution is 2.26. The summed E-state index contributed by atoms with van der Waals surface area (Å²) in [5.74, 6) is -0.223. The zero-order valence-electron chi connectivity index (χ0n) is 18.7. The Labute approximate surface area is 187 Å². The summed E-state index contributed by atoms with van der Waals surface area (Å²) >= 11 is 0. The van der Waals surface area contributed by atoms with E-state index in [1.807, 2.05) is 32.0 Å². The molecule has 0 aliphatic carbocycles. The molecular formula is C23H31N5O4. The zero-order valence-corrected chi connectivity index (χ0v) is 18.7. The first-order chi connectivity index (χ1) is 15.3. The predicted octanol–water partition coefficient (Wildman–Crippen LogP) is 1.98. The molecule has 1 aliphatic rings. The fraction of sp³-hybridized carbons (Fsp3) is 0.478. The first kappa shape index (κ1) is 23.3. The van der Waals surface area contributed by atoms with Crippen molar-refractivity contribution in [2.45, 2.75) is 45.2 Å². The maximum absolute atomic E-state index is 13.0. The van der Waals surface area contributed by atoms with Crippen LogP contribution in [0.2, 0.25) is 0 Å². The molecule has 0 unspecified atom stereocenters. The first-order valence-electron chi connectivity index (χ1n) is 10.9. The molecule has 1 fully saturated rings. The lowest BCUT2D eigenvalue weighted by Crippen LogP contribution is -2.51. The van der Waals surface area contributed by atoms with Crippen LogP contribution in [-0.4, -0.2) is 54.7 Å². The Hall–Kier alpha value is -3.36. The van der Waals surface area contributed by atoms with Crippen LogP contribution in [-0.2, 0) is 9.59 Å². The minimum Gasteiger partial charge on any atom is -0.496 e. The van der Waals surface area contributed by atoms with Crippen molar-refractivity contribution < 1.29 is 19.1 Å². The maximum atomic E-state index is 13.0. The number of benzene rings is 1. The van der Waals surface area contributed by atoms with Gasteiger partial charge in [0.05, 0.1) is 13.2 Å². The fourth-order valence-corrected chi connectivity index (χ4v) is 4.00. The van der Waals surface area contributed by atoms with E-state index in [1.165, 1.54) is 0 Å². The Kier molecular flexibility index (Phi) is 7.50. The summed E-state index contributed by atoms with van der Waals surface area (Å²) in [6, 6.07) is 5.86. The minimum absolute atomic E-state index is 0.0487. The van der Waals surface area contributed by atoms with E-state index < -0.39 is 18.0 Å². The third-order valence-corrected chi connectivity index (χ3v) is 5.65. The number of H-pyrrole nitrogens is 1. The molecule has 172 valence electrons. The van der Waals surface area contributed by atoms with Gasteiger partial charge >= 0.3 is 0 Å². The molecule has 2 heterocycles. The molecule has 0 spiro atoms.